The first-order valence-corrected chi connectivity index (χ1v) is 15.5. The van der Waals surface area contributed by atoms with Crippen molar-refractivity contribution in [1.82, 2.24) is 24.4 Å². The summed E-state index contributed by atoms with van der Waals surface area (Å²) >= 11 is 0. The summed E-state index contributed by atoms with van der Waals surface area (Å²) in [4.78, 5) is 43.8. The van der Waals surface area contributed by atoms with Crippen molar-refractivity contribution >= 4 is 22.6 Å². The highest BCUT2D eigenvalue weighted by Gasteiger charge is 2.40. The van der Waals surface area contributed by atoms with Crippen LogP contribution in [0.1, 0.15) is 64.3 Å². The Labute approximate surface area is 269 Å². The second-order valence-corrected chi connectivity index (χ2v) is 12.5. The lowest BCUT2D eigenvalue weighted by Crippen LogP contribution is -2.60. The average molecular weight is 649 g/mol. The molecule has 1 N–H and O–H groups in total. The summed E-state index contributed by atoms with van der Waals surface area (Å²) in [7, 11) is 0. The summed E-state index contributed by atoms with van der Waals surface area (Å²) in [5.41, 5.74) is -1.93. The number of aromatic nitrogens is 4. The van der Waals surface area contributed by atoms with E-state index in [0.717, 1.165) is 16.7 Å². The number of aromatic hydroxyl groups is 1. The molecule has 13 heteroatoms. The lowest BCUT2D eigenvalue weighted by molar-refractivity contribution is -0.127. The van der Waals surface area contributed by atoms with E-state index < -0.39 is 63.4 Å². The van der Waals surface area contributed by atoms with E-state index in [2.05, 4.69) is 21.5 Å². The standard InChI is InChI=1S/C34H35F3N6O4/c1-7-22(45)41-13-18(6)42-19(14-41)11-12-47-32-25-30(26(36)24(27(32)37)23-20(35)9-8-10-21(23)44)43(34(46)40-33(25)42)31-28(16(2)3)38-15-39-29(31)17(4)5/h7-10,15-19,44H,1,11-14H2,2-6H3. The average Bonchev–Trinajstić information content (AvgIpc) is 3.01. The first kappa shape index (κ1) is 32.0. The number of benzene rings is 2. The maximum absolute atomic E-state index is 17.4. The van der Waals surface area contributed by atoms with Crippen LogP contribution < -0.4 is 15.3 Å². The van der Waals surface area contributed by atoms with Crippen molar-refractivity contribution < 1.29 is 27.8 Å². The molecule has 0 spiro atoms. The molecule has 2 atom stereocenters. The number of phenols is 1. The first-order chi connectivity index (χ1) is 22.4. The van der Waals surface area contributed by atoms with Crippen molar-refractivity contribution in [3.8, 4) is 28.3 Å². The van der Waals surface area contributed by atoms with Gasteiger partial charge in [-0.25, -0.2) is 27.9 Å². The second-order valence-electron chi connectivity index (χ2n) is 12.5. The number of nitrogens with zero attached hydrogens (tertiary/aromatic N) is 6. The van der Waals surface area contributed by atoms with E-state index in [4.69, 9.17) is 4.74 Å². The Balaban J connectivity index is 1.81. The molecular weight excluding hydrogens is 613 g/mol. The van der Waals surface area contributed by atoms with Gasteiger partial charge in [0.25, 0.3) is 0 Å². The minimum atomic E-state index is -1.30. The number of carbonyl (C=O) groups is 1. The number of carbonyl (C=O) groups excluding carboxylic acids is 1. The second kappa shape index (κ2) is 12.0. The SMILES string of the molecule is C=CC(=O)N1CC(C)N2c3nc(=O)n(-c4c(C(C)C)ncnc4C(C)C)c4c(F)c(-c5c(O)cccc5F)c(F)c(c34)OCCC2C1. The van der Waals surface area contributed by atoms with Crippen LogP contribution in [0.25, 0.3) is 27.7 Å². The molecule has 2 aliphatic rings. The number of hydrogen-bond acceptors (Lipinski definition) is 8. The molecule has 2 aromatic carbocycles. The molecule has 2 aliphatic heterocycles. The third-order valence-corrected chi connectivity index (χ3v) is 8.80. The Kier molecular flexibility index (Phi) is 8.18. The normalized spacial score (nSPS) is 17.8. The number of ether oxygens (including phenoxy) is 1. The lowest BCUT2D eigenvalue weighted by Gasteiger charge is -2.47. The lowest BCUT2D eigenvalue weighted by atomic mass is 9.96. The van der Waals surface area contributed by atoms with Crippen molar-refractivity contribution in [2.24, 2.45) is 0 Å². The maximum Gasteiger partial charge on any atom is 0.354 e. The smallest absolute Gasteiger partial charge is 0.354 e. The fraction of sp³-hybridized carbons (Fsp3) is 0.382. The van der Waals surface area contributed by atoms with Gasteiger partial charge in [0.2, 0.25) is 5.91 Å². The zero-order chi connectivity index (χ0) is 33.9. The zero-order valence-electron chi connectivity index (χ0n) is 26.7. The zero-order valence-corrected chi connectivity index (χ0v) is 26.7. The Morgan fingerprint density at radius 3 is 2.36 bits per heavy atom. The van der Waals surface area contributed by atoms with E-state index in [9.17, 15) is 14.7 Å². The molecule has 1 fully saturated rings. The van der Waals surface area contributed by atoms with Gasteiger partial charge in [0.15, 0.2) is 17.4 Å². The molecule has 246 valence electrons. The molecular formula is C34H35F3N6O4. The Hall–Kier alpha value is -4.94. The number of phenolic OH excluding ortho intramolecular Hbond substituents is 1. The number of halogens is 3. The maximum atomic E-state index is 17.4. The molecule has 6 rings (SSSR count). The quantitative estimate of drug-likeness (QED) is 0.279. The monoisotopic (exact) mass is 648 g/mol. The van der Waals surface area contributed by atoms with Crippen molar-refractivity contribution in [1.29, 1.82) is 0 Å². The van der Waals surface area contributed by atoms with Gasteiger partial charge in [-0.15, -0.1) is 0 Å². The molecule has 2 aromatic heterocycles. The molecule has 1 amide bonds. The number of anilines is 1. The summed E-state index contributed by atoms with van der Waals surface area (Å²) in [6.07, 6.45) is 2.88. The number of fused-ring (bicyclic) bond motifs is 2. The first-order valence-electron chi connectivity index (χ1n) is 15.5. The van der Waals surface area contributed by atoms with Crippen LogP contribution in [-0.4, -0.2) is 67.2 Å². The summed E-state index contributed by atoms with van der Waals surface area (Å²) in [5, 5.41) is 10.5. The predicted molar refractivity (Wildman–Crippen MR) is 171 cm³/mol. The van der Waals surface area contributed by atoms with E-state index >= 15 is 13.2 Å². The molecule has 10 nitrogen and oxygen atoms in total. The fourth-order valence-corrected chi connectivity index (χ4v) is 6.76. The predicted octanol–water partition coefficient (Wildman–Crippen LogP) is 5.59. The largest absolute Gasteiger partial charge is 0.507 e. The summed E-state index contributed by atoms with van der Waals surface area (Å²) in [6.45, 7) is 13.2. The molecule has 47 heavy (non-hydrogen) atoms. The molecule has 0 bridgehead atoms. The molecule has 0 radical (unpaired) electrons. The van der Waals surface area contributed by atoms with Gasteiger partial charge >= 0.3 is 5.69 Å². The van der Waals surface area contributed by atoms with Crippen molar-refractivity contribution in [3.63, 3.8) is 0 Å². The van der Waals surface area contributed by atoms with Crippen LogP contribution >= 0.6 is 0 Å². The molecule has 4 heterocycles. The topological polar surface area (TPSA) is 114 Å². The molecule has 0 saturated carbocycles. The van der Waals surface area contributed by atoms with E-state index in [0.29, 0.717) is 11.4 Å². The van der Waals surface area contributed by atoms with Gasteiger partial charge < -0.3 is 19.6 Å². The van der Waals surface area contributed by atoms with Gasteiger partial charge in [-0.05, 0) is 37.0 Å². The third kappa shape index (κ3) is 5.08. The Morgan fingerprint density at radius 2 is 1.74 bits per heavy atom. The minimum absolute atomic E-state index is 0.0321. The van der Waals surface area contributed by atoms with E-state index in [-0.39, 0.29) is 60.8 Å². The van der Waals surface area contributed by atoms with Crippen LogP contribution in [0.4, 0.5) is 19.0 Å². The summed E-state index contributed by atoms with van der Waals surface area (Å²) < 4.78 is 56.5. The summed E-state index contributed by atoms with van der Waals surface area (Å²) in [5.74, 6) is -5.61. The van der Waals surface area contributed by atoms with Crippen LogP contribution in [0.3, 0.4) is 0 Å². The van der Waals surface area contributed by atoms with Crippen LogP contribution in [-0.2, 0) is 4.79 Å². The highest BCUT2D eigenvalue weighted by molar-refractivity contribution is 6.01. The fourth-order valence-electron chi connectivity index (χ4n) is 6.76. The molecule has 2 unspecified atom stereocenters. The van der Waals surface area contributed by atoms with Crippen molar-refractivity contribution in [2.45, 2.75) is 65.0 Å². The van der Waals surface area contributed by atoms with E-state index in [1.54, 1.807) is 9.80 Å². The van der Waals surface area contributed by atoms with E-state index in [1.165, 1.54) is 18.5 Å². The van der Waals surface area contributed by atoms with Gasteiger partial charge in [-0.3, -0.25) is 9.36 Å². The van der Waals surface area contributed by atoms with Crippen LogP contribution in [0.2, 0.25) is 0 Å². The minimum Gasteiger partial charge on any atom is -0.507 e. The van der Waals surface area contributed by atoms with Gasteiger partial charge in [-0.1, -0.05) is 40.3 Å². The summed E-state index contributed by atoms with van der Waals surface area (Å²) in [6, 6.07) is 2.43. The molecule has 1 saturated heterocycles. The molecule has 4 aromatic rings. The highest BCUT2D eigenvalue weighted by atomic mass is 19.1. The van der Waals surface area contributed by atoms with Gasteiger partial charge in [0.1, 0.15) is 29.2 Å². The Morgan fingerprint density at radius 1 is 1.06 bits per heavy atom. The number of rotatable bonds is 5. The third-order valence-electron chi connectivity index (χ3n) is 8.80. The van der Waals surface area contributed by atoms with Crippen molar-refractivity contribution in [3.05, 3.63) is 76.5 Å². The van der Waals surface area contributed by atoms with Crippen LogP contribution in [0, 0.1) is 17.5 Å². The van der Waals surface area contributed by atoms with Crippen LogP contribution in [0.15, 0.2) is 42.0 Å². The Bertz CT molecular complexity index is 1950. The number of amides is 1. The van der Waals surface area contributed by atoms with E-state index in [1.807, 2.05) is 34.6 Å². The van der Waals surface area contributed by atoms with Gasteiger partial charge in [0, 0.05) is 25.6 Å². The van der Waals surface area contributed by atoms with Crippen LogP contribution in [0.5, 0.6) is 11.5 Å². The molecule has 0 aliphatic carbocycles. The number of hydrogen-bond donors (Lipinski definition) is 1. The van der Waals surface area contributed by atoms with Crippen molar-refractivity contribution in [2.75, 3.05) is 24.6 Å². The number of piperazine rings is 1. The van der Waals surface area contributed by atoms with Gasteiger partial charge in [-0.2, -0.15) is 4.98 Å². The van der Waals surface area contributed by atoms with Gasteiger partial charge in [0.05, 0.1) is 46.2 Å². The highest BCUT2D eigenvalue weighted by Crippen LogP contribution is 2.47.